The molecule has 1 aromatic heterocycles. The first-order valence-corrected chi connectivity index (χ1v) is 4.28. The molecule has 0 saturated heterocycles. The molecule has 0 saturated carbocycles. The quantitative estimate of drug-likeness (QED) is 0.663. The fourth-order valence-electron chi connectivity index (χ4n) is 1.36. The second-order valence-electron chi connectivity index (χ2n) is 2.95. The first-order valence-electron chi connectivity index (χ1n) is 4.28. The lowest BCUT2D eigenvalue weighted by atomic mass is 10.2. The lowest BCUT2D eigenvalue weighted by molar-refractivity contribution is -0.118. The number of hydrogen-bond acceptors (Lipinski definition) is 2. The van der Waals surface area contributed by atoms with Crippen molar-refractivity contribution < 1.29 is 9.90 Å². The van der Waals surface area contributed by atoms with Crippen molar-refractivity contribution in [3.05, 3.63) is 30.5 Å². The Morgan fingerprint density at radius 1 is 1.43 bits per heavy atom. The minimum atomic E-state index is -0.500. The van der Waals surface area contributed by atoms with Crippen molar-refractivity contribution in [3.8, 4) is 0 Å². The van der Waals surface area contributed by atoms with Gasteiger partial charge in [-0.3, -0.25) is 4.79 Å². The first kappa shape index (κ1) is 8.77. The van der Waals surface area contributed by atoms with E-state index in [2.05, 4.69) is 10.3 Å². The van der Waals surface area contributed by atoms with E-state index in [4.69, 9.17) is 5.11 Å². The number of nitrogens with one attached hydrogen (secondary N) is 2. The van der Waals surface area contributed by atoms with Gasteiger partial charge in [0.15, 0.2) is 0 Å². The average Bonchev–Trinajstić information content (AvgIpc) is 2.62. The second kappa shape index (κ2) is 3.51. The smallest absolute Gasteiger partial charge is 0.250 e. The summed E-state index contributed by atoms with van der Waals surface area (Å²) in [4.78, 5) is 14.0. The molecule has 0 atom stereocenters. The zero-order chi connectivity index (χ0) is 9.97. The molecule has 0 spiro atoms. The molecule has 1 heterocycles. The highest BCUT2D eigenvalue weighted by atomic mass is 16.3. The van der Waals surface area contributed by atoms with Gasteiger partial charge in [0.05, 0.1) is 5.69 Å². The Morgan fingerprint density at radius 3 is 3.00 bits per heavy atom. The summed E-state index contributed by atoms with van der Waals surface area (Å²) < 4.78 is 0. The van der Waals surface area contributed by atoms with Crippen LogP contribution in [0.3, 0.4) is 0 Å². The van der Waals surface area contributed by atoms with Crippen molar-refractivity contribution in [1.29, 1.82) is 0 Å². The zero-order valence-corrected chi connectivity index (χ0v) is 7.45. The summed E-state index contributed by atoms with van der Waals surface area (Å²) in [6.45, 7) is -0.500. The molecule has 0 fully saturated rings. The minimum Gasteiger partial charge on any atom is -0.387 e. The highest BCUT2D eigenvalue weighted by molar-refractivity contribution is 6.01. The van der Waals surface area contributed by atoms with Gasteiger partial charge in [0.1, 0.15) is 6.61 Å². The van der Waals surface area contributed by atoms with Gasteiger partial charge in [0, 0.05) is 17.1 Å². The number of aromatic amines is 1. The molecule has 4 heteroatoms. The van der Waals surface area contributed by atoms with Crippen molar-refractivity contribution in [2.24, 2.45) is 0 Å². The average molecular weight is 190 g/mol. The Kier molecular flexibility index (Phi) is 2.20. The number of hydrogen-bond donors (Lipinski definition) is 3. The molecule has 0 aliphatic heterocycles. The Bertz CT molecular complexity index is 462. The highest BCUT2D eigenvalue weighted by Crippen LogP contribution is 2.21. The molecule has 0 unspecified atom stereocenters. The van der Waals surface area contributed by atoms with E-state index in [0.29, 0.717) is 5.69 Å². The third-order valence-corrected chi connectivity index (χ3v) is 2.01. The summed E-state index contributed by atoms with van der Waals surface area (Å²) in [6.07, 6.45) is 1.71. The number of anilines is 1. The van der Waals surface area contributed by atoms with E-state index in [1.54, 1.807) is 6.20 Å². The second-order valence-corrected chi connectivity index (χ2v) is 2.95. The molecule has 4 nitrogen and oxygen atoms in total. The Morgan fingerprint density at radius 2 is 2.21 bits per heavy atom. The molecule has 2 rings (SSSR count). The molecule has 0 radical (unpaired) electrons. The fourth-order valence-corrected chi connectivity index (χ4v) is 1.36. The maximum absolute atomic E-state index is 10.9. The number of aliphatic hydroxyl groups excluding tert-OH is 1. The van der Waals surface area contributed by atoms with Crippen LogP contribution in [0.2, 0.25) is 0 Å². The Balaban J connectivity index is 2.38. The van der Waals surface area contributed by atoms with Crippen molar-refractivity contribution >= 4 is 22.5 Å². The number of benzene rings is 1. The van der Waals surface area contributed by atoms with Crippen molar-refractivity contribution in [2.75, 3.05) is 11.9 Å². The van der Waals surface area contributed by atoms with E-state index in [-0.39, 0.29) is 0 Å². The zero-order valence-electron chi connectivity index (χ0n) is 7.45. The van der Waals surface area contributed by atoms with Crippen molar-refractivity contribution in [1.82, 2.24) is 4.98 Å². The van der Waals surface area contributed by atoms with Crippen LogP contribution in [0.5, 0.6) is 0 Å². The van der Waals surface area contributed by atoms with Gasteiger partial charge in [-0.2, -0.15) is 0 Å². The van der Waals surface area contributed by atoms with Gasteiger partial charge in [0.2, 0.25) is 5.91 Å². The lowest BCUT2D eigenvalue weighted by Gasteiger charge is -1.99. The number of aromatic nitrogens is 1. The maximum atomic E-state index is 10.9. The van der Waals surface area contributed by atoms with E-state index in [1.807, 2.05) is 24.3 Å². The van der Waals surface area contributed by atoms with Gasteiger partial charge in [-0.05, 0) is 6.07 Å². The fraction of sp³-hybridized carbons (Fsp3) is 0.100. The summed E-state index contributed by atoms with van der Waals surface area (Å²) in [5, 5.41) is 12.1. The monoisotopic (exact) mass is 190 g/mol. The van der Waals surface area contributed by atoms with Gasteiger partial charge in [0.25, 0.3) is 0 Å². The number of carbonyl (C=O) groups excluding carboxylic acids is 1. The molecule has 2 aromatic rings. The van der Waals surface area contributed by atoms with Crippen LogP contribution < -0.4 is 5.32 Å². The number of rotatable bonds is 2. The number of carbonyl (C=O) groups is 1. The highest BCUT2D eigenvalue weighted by Gasteiger charge is 2.05. The summed E-state index contributed by atoms with van der Waals surface area (Å²) in [5.74, 6) is -0.408. The van der Waals surface area contributed by atoms with Crippen LogP contribution in [0.15, 0.2) is 30.5 Å². The number of para-hydroxylation sites is 1. The minimum absolute atomic E-state index is 0.408. The molecule has 1 aromatic carbocycles. The maximum Gasteiger partial charge on any atom is 0.250 e. The predicted molar refractivity (Wildman–Crippen MR) is 54.0 cm³/mol. The molecule has 1 amide bonds. The summed E-state index contributed by atoms with van der Waals surface area (Å²) in [7, 11) is 0. The van der Waals surface area contributed by atoms with E-state index in [0.717, 1.165) is 10.9 Å². The van der Waals surface area contributed by atoms with Gasteiger partial charge in [-0.1, -0.05) is 18.2 Å². The largest absolute Gasteiger partial charge is 0.387 e. The van der Waals surface area contributed by atoms with E-state index in [1.165, 1.54) is 0 Å². The van der Waals surface area contributed by atoms with Crippen molar-refractivity contribution in [2.45, 2.75) is 0 Å². The molecular formula is C10H10N2O2. The molecule has 0 aliphatic carbocycles. The van der Waals surface area contributed by atoms with Crippen molar-refractivity contribution in [3.63, 3.8) is 0 Å². The van der Waals surface area contributed by atoms with E-state index < -0.39 is 12.5 Å². The topological polar surface area (TPSA) is 65.1 Å². The Hall–Kier alpha value is -1.81. The molecular weight excluding hydrogens is 180 g/mol. The van der Waals surface area contributed by atoms with Gasteiger partial charge in [-0.15, -0.1) is 0 Å². The molecule has 14 heavy (non-hydrogen) atoms. The third kappa shape index (κ3) is 1.47. The normalized spacial score (nSPS) is 10.4. The van der Waals surface area contributed by atoms with Crippen LogP contribution in [0.1, 0.15) is 0 Å². The molecule has 0 bridgehead atoms. The first-order chi connectivity index (χ1) is 6.81. The van der Waals surface area contributed by atoms with Crippen LogP contribution >= 0.6 is 0 Å². The molecule has 72 valence electrons. The van der Waals surface area contributed by atoms with Gasteiger partial charge < -0.3 is 15.4 Å². The van der Waals surface area contributed by atoms with Crippen LogP contribution in [0.4, 0.5) is 5.69 Å². The third-order valence-electron chi connectivity index (χ3n) is 2.01. The van der Waals surface area contributed by atoms with Crippen LogP contribution in [-0.4, -0.2) is 22.6 Å². The summed E-state index contributed by atoms with van der Waals surface area (Å²) in [6, 6.07) is 7.63. The van der Waals surface area contributed by atoms with Gasteiger partial charge >= 0.3 is 0 Å². The predicted octanol–water partition coefficient (Wildman–Crippen LogP) is 1.10. The summed E-state index contributed by atoms with van der Waals surface area (Å²) in [5.41, 5.74) is 1.65. The lowest BCUT2D eigenvalue weighted by Crippen LogP contribution is -2.14. The number of amides is 1. The SMILES string of the molecule is O=C(CO)Nc1c[nH]c2ccccc12. The standard InChI is InChI=1S/C10H10N2O2/c13-6-10(14)12-9-5-11-8-4-2-1-3-7(8)9/h1-5,11,13H,6H2,(H,12,14). The number of H-pyrrole nitrogens is 1. The number of aliphatic hydroxyl groups is 1. The van der Waals surface area contributed by atoms with E-state index >= 15 is 0 Å². The van der Waals surface area contributed by atoms with Crippen LogP contribution in [0.25, 0.3) is 10.9 Å². The summed E-state index contributed by atoms with van der Waals surface area (Å²) >= 11 is 0. The molecule has 0 aliphatic rings. The van der Waals surface area contributed by atoms with Crippen LogP contribution in [-0.2, 0) is 4.79 Å². The number of fused-ring (bicyclic) bond motifs is 1. The Labute approximate surface area is 80.6 Å². The van der Waals surface area contributed by atoms with Crippen LogP contribution in [0, 0.1) is 0 Å². The molecule has 3 N–H and O–H groups in total. The van der Waals surface area contributed by atoms with Gasteiger partial charge in [-0.25, -0.2) is 0 Å². The van der Waals surface area contributed by atoms with E-state index in [9.17, 15) is 4.79 Å².